The Bertz CT molecular complexity index is 548. The summed E-state index contributed by atoms with van der Waals surface area (Å²) >= 11 is 0. The van der Waals surface area contributed by atoms with E-state index in [1.807, 2.05) is 0 Å². The van der Waals surface area contributed by atoms with E-state index in [0.29, 0.717) is 6.54 Å². The van der Waals surface area contributed by atoms with Crippen LogP contribution in [0.2, 0.25) is 0 Å². The van der Waals surface area contributed by atoms with Crippen LogP contribution in [0.4, 0.5) is 0 Å². The number of fused-ring (bicyclic) bond motifs is 1. The third-order valence-corrected chi connectivity index (χ3v) is 6.13. The number of amides is 2. The summed E-state index contributed by atoms with van der Waals surface area (Å²) in [6.45, 7) is 6.21. The Balaban J connectivity index is 1.75. The summed E-state index contributed by atoms with van der Waals surface area (Å²) < 4.78 is 0. The Morgan fingerprint density at radius 2 is 1.78 bits per heavy atom. The summed E-state index contributed by atoms with van der Waals surface area (Å²) in [6.07, 6.45) is 6.13. The highest BCUT2D eigenvalue weighted by Gasteiger charge is 2.51. The van der Waals surface area contributed by atoms with Gasteiger partial charge in [-0.1, -0.05) is 25.0 Å². The maximum atomic E-state index is 12.8. The van der Waals surface area contributed by atoms with E-state index in [2.05, 4.69) is 27.9 Å². The Hall–Kier alpha value is -1.16. The molecule has 128 valence electrons. The molecule has 2 atom stereocenters. The number of imide groups is 1. The number of nitrogens with one attached hydrogen (secondary N) is 1. The molecule has 3 rings (SSSR count). The van der Waals surface area contributed by atoms with Gasteiger partial charge in [-0.25, -0.2) is 0 Å². The first kappa shape index (κ1) is 16.7. The highest BCUT2D eigenvalue weighted by molar-refractivity contribution is 6.05. The number of hydrogen-bond acceptors (Lipinski definition) is 2. The van der Waals surface area contributed by atoms with Crippen LogP contribution < -0.4 is 4.90 Å². The molecule has 0 saturated carbocycles. The van der Waals surface area contributed by atoms with Crippen LogP contribution in [0.3, 0.4) is 0 Å². The third kappa shape index (κ3) is 2.98. The van der Waals surface area contributed by atoms with Crippen molar-refractivity contribution in [2.24, 2.45) is 17.3 Å². The monoisotopic (exact) mass is 319 g/mol. The molecule has 0 radical (unpaired) electrons. The molecule has 4 nitrogen and oxygen atoms in total. The minimum atomic E-state index is -0.0784. The van der Waals surface area contributed by atoms with Crippen LogP contribution in [0.5, 0.6) is 0 Å². The molecule has 1 N–H and O–H groups in total. The number of carbonyl (C=O) groups is 2. The van der Waals surface area contributed by atoms with E-state index in [0.717, 1.165) is 32.2 Å². The molecule has 0 aromatic heterocycles. The molecule has 2 unspecified atom stereocenters. The van der Waals surface area contributed by atoms with Crippen LogP contribution in [0.25, 0.3) is 0 Å². The standard InChI is InChI=1S/C19H30N2O2/c1-19(2)8-5-7-13-11-14-15(12-16(13)19)18(23)21(17(14)22)10-6-9-20(3)4/h14-15H,5-12H2,1-4H3/p+1. The normalized spacial score (nSPS) is 30.0. The smallest absolute Gasteiger partial charge is 0.233 e. The summed E-state index contributed by atoms with van der Waals surface area (Å²) in [6, 6.07) is 0. The summed E-state index contributed by atoms with van der Waals surface area (Å²) in [7, 11) is 4.21. The van der Waals surface area contributed by atoms with Gasteiger partial charge >= 0.3 is 0 Å². The van der Waals surface area contributed by atoms with E-state index in [-0.39, 0.29) is 29.1 Å². The molecule has 1 fully saturated rings. The Morgan fingerprint density at radius 3 is 2.43 bits per heavy atom. The van der Waals surface area contributed by atoms with Crippen molar-refractivity contribution in [3.63, 3.8) is 0 Å². The molecule has 0 bridgehead atoms. The SMILES string of the molecule is C[NH+](C)CCCN1C(=O)C2CC3=C(CC2C1=O)C(C)(C)CCC3. The van der Waals surface area contributed by atoms with Gasteiger partial charge < -0.3 is 4.90 Å². The van der Waals surface area contributed by atoms with Gasteiger partial charge in [0.1, 0.15) is 0 Å². The fraction of sp³-hybridized carbons (Fsp3) is 0.789. The van der Waals surface area contributed by atoms with Crippen LogP contribution in [0.1, 0.15) is 52.4 Å². The molecule has 1 saturated heterocycles. The molecule has 1 aliphatic heterocycles. The van der Waals surface area contributed by atoms with Crippen LogP contribution in [0, 0.1) is 17.3 Å². The molecule has 1 heterocycles. The predicted molar refractivity (Wildman–Crippen MR) is 89.9 cm³/mol. The van der Waals surface area contributed by atoms with Crippen LogP contribution in [-0.2, 0) is 9.59 Å². The molecular weight excluding hydrogens is 288 g/mol. The lowest BCUT2D eigenvalue weighted by Gasteiger charge is -2.40. The quantitative estimate of drug-likeness (QED) is 0.629. The van der Waals surface area contributed by atoms with E-state index >= 15 is 0 Å². The first-order chi connectivity index (χ1) is 10.8. The number of quaternary nitrogens is 1. The van der Waals surface area contributed by atoms with Gasteiger partial charge in [0.05, 0.1) is 32.5 Å². The van der Waals surface area contributed by atoms with E-state index in [1.165, 1.54) is 28.9 Å². The minimum absolute atomic E-state index is 0.0677. The van der Waals surface area contributed by atoms with Gasteiger partial charge in [-0.2, -0.15) is 0 Å². The van der Waals surface area contributed by atoms with Gasteiger partial charge in [-0.3, -0.25) is 14.5 Å². The van der Waals surface area contributed by atoms with Crippen molar-refractivity contribution in [2.45, 2.75) is 52.4 Å². The number of rotatable bonds is 4. The topological polar surface area (TPSA) is 41.8 Å². The molecule has 2 aliphatic carbocycles. The maximum absolute atomic E-state index is 12.8. The molecular formula is C19H31N2O2+. The van der Waals surface area contributed by atoms with Crippen molar-refractivity contribution in [1.29, 1.82) is 0 Å². The number of hydrogen-bond donors (Lipinski definition) is 1. The highest BCUT2D eigenvalue weighted by Crippen LogP contribution is 2.51. The van der Waals surface area contributed by atoms with Crippen molar-refractivity contribution >= 4 is 11.8 Å². The maximum Gasteiger partial charge on any atom is 0.233 e. The van der Waals surface area contributed by atoms with E-state index in [1.54, 1.807) is 4.90 Å². The van der Waals surface area contributed by atoms with E-state index in [4.69, 9.17) is 0 Å². The largest absolute Gasteiger partial charge is 0.340 e. The summed E-state index contributed by atoms with van der Waals surface area (Å²) in [5, 5.41) is 0. The Kier molecular flexibility index (Phi) is 4.39. The summed E-state index contributed by atoms with van der Waals surface area (Å²) in [5.74, 6) is 0.0533. The first-order valence-electron chi connectivity index (χ1n) is 9.17. The van der Waals surface area contributed by atoms with Gasteiger partial charge in [0.2, 0.25) is 11.8 Å². The number of likely N-dealkylation sites (tertiary alicyclic amines) is 1. The zero-order chi connectivity index (χ0) is 16.8. The summed E-state index contributed by atoms with van der Waals surface area (Å²) in [4.78, 5) is 28.5. The lowest BCUT2D eigenvalue weighted by atomic mass is 9.63. The average Bonchev–Trinajstić information content (AvgIpc) is 2.70. The van der Waals surface area contributed by atoms with E-state index in [9.17, 15) is 9.59 Å². The van der Waals surface area contributed by atoms with Crippen molar-refractivity contribution in [3.05, 3.63) is 11.1 Å². The second-order valence-electron chi connectivity index (χ2n) is 8.58. The number of carbonyl (C=O) groups excluding carboxylic acids is 2. The van der Waals surface area contributed by atoms with Crippen molar-refractivity contribution in [3.8, 4) is 0 Å². The third-order valence-electron chi connectivity index (χ3n) is 6.13. The van der Waals surface area contributed by atoms with Gasteiger partial charge in [-0.15, -0.1) is 0 Å². The second-order valence-corrected chi connectivity index (χ2v) is 8.58. The van der Waals surface area contributed by atoms with Crippen LogP contribution in [0.15, 0.2) is 11.1 Å². The van der Waals surface area contributed by atoms with Crippen molar-refractivity contribution < 1.29 is 14.5 Å². The lowest BCUT2D eigenvalue weighted by molar-refractivity contribution is -0.858. The van der Waals surface area contributed by atoms with Crippen LogP contribution in [-0.4, -0.2) is 43.9 Å². The number of nitrogens with zero attached hydrogens (tertiary/aromatic N) is 1. The lowest BCUT2D eigenvalue weighted by Crippen LogP contribution is -3.05. The van der Waals surface area contributed by atoms with Gasteiger partial charge in [0, 0.05) is 13.0 Å². The molecule has 0 spiro atoms. The molecule has 0 aromatic rings. The van der Waals surface area contributed by atoms with Crippen molar-refractivity contribution in [1.82, 2.24) is 4.90 Å². The molecule has 2 amide bonds. The first-order valence-corrected chi connectivity index (χ1v) is 9.17. The van der Waals surface area contributed by atoms with Gasteiger partial charge in [0.15, 0.2) is 0 Å². The zero-order valence-electron chi connectivity index (χ0n) is 15.1. The Labute approximate surface area is 139 Å². The fourth-order valence-corrected chi connectivity index (χ4v) is 4.78. The molecule has 0 aromatic carbocycles. The molecule has 23 heavy (non-hydrogen) atoms. The molecule has 3 aliphatic rings. The van der Waals surface area contributed by atoms with Crippen LogP contribution >= 0.6 is 0 Å². The predicted octanol–water partition coefficient (Wildman–Crippen LogP) is 1.42. The average molecular weight is 319 g/mol. The van der Waals surface area contributed by atoms with Crippen molar-refractivity contribution in [2.75, 3.05) is 27.2 Å². The van der Waals surface area contributed by atoms with E-state index < -0.39 is 0 Å². The Morgan fingerprint density at radius 1 is 1.13 bits per heavy atom. The molecule has 4 heteroatoms. The van der Waals surface area contributed by atoms with Gasteiger partial charge in [0.25, 0.3) is 0 Å². The minimum Gasteiger partial charge on any atom is -0.340 e. The second kappa shape index (κ2) is 6.04. The summed E-state index contributed by atoms with van der Waals surface area (Å²) in [5.41, 5.74) is 3.19. The van der Waals surface area contributed by atoms with Gasteiger partial charge in [-0.05, 0) is 37.5 Å². The highest BCUT2D eigenvalue weighted by atomic mass is 16.2. The zero-order valence-corrected chi connectivity index (χ0v) is 15.1. The number of allylic oxidation sites excluding steroid dienone is 2. The fourth-order valence-electron chi connectivity index (χ4n) is 4.78.